The smallest absolute Gasteiger partial charge is 0.0839 e. The predicted octanol–water partition coefficient (Wildman–Crippen LogP) is 3.06. The van der Waals surface area contributed by atoms with Crippen molar-refractivity contribution in [3.63, 3.8) is 0 Å². The van der Waals surface area contributed by atoms with Crippen LogP contribution in [0.25, 0.3) is 0 Å². The minimum Gasteiger partial charge on any atom is -0.376 e. The molecule has 0 saturated heterocycles. The molecule has 2 unspecified atom stereocenters. The summed E-state index contributed by atoms with van der Waals surface area (Å²) >= 11 is 13.6. The van der Waals surface area contributed by atoms with E-state index in [9.17, 15) is 0 Å². The maximum Gasteiger partial charge on any atom is 0.0839 e. The lowest BCUT2D eigenvalue weighted by Crippen LogP contribution is -2.27. The maximum absolute atomic E-state index is 5.69. The van der Waals surface area contributed by atoms with Crippen molar-refractivity contribution in [3.8, 4) is 0 Å². The molecule has 0 heterocycles. The average molecular weight is 311 g/mol. The van der Waals surface area contributed by atoms with Crippen LogP contribution in [-0.4, -0.2) is 28.4 Å². The van der Waals surface area contributed by atoms with E-state index in [0.29, 0.717) is 15.7 Å². The van der Waals surface area contributed by atoms with Gasteiger partial charge in [-0.3, -0.25) is 0 Å². The third kappa shape index (κ3) is 5.50. The van der Waals surface area contributed by atoms with Gasteiger partial charge < -0.3 is 4.74 Å². The van der Waals surface area contributed by atoms with Crippen LogP contribution in [0.2, 0.25) is 0 Å². The molecule has 0 fully saturated rings. The van der Waals surface area contributed by atoms with Crippen LogP contribution in [0.4, 0.5) is 0 Å². The van der Waals surface area contributed by atoms with Crippen molar-refractivity contribution in [3.05, 3.63) is 0 Å². The summed E-state index contributed by atoms with van der Waals surface area (Å²) in [6, 6.07) is 0. The monoisotopic (exact) mass is 310 g/mol. The highest BCUT2D eigenvalue weighted by Crippen LogP contribution is 2.13. The molecule has 0 aliphatic carbocycles. The average Bonchev–Trinajstić information content (AvgIpc) is 2.05. The van der Waals surface area contributed by atoms with E-state index in [0.717, 1.165) is 13.0 Å². The summed E-state index contributed by atoms with van der Waals surface area (Å²) in [7, 11) is 0. The van der Waals surface area contributed by atoms with Gasteiger partial charge in [-0.15, -0.1) is 23.2 Å². The maximum atomic E-state index is 5.69. The van der Waals surface area contributed by atoms with Gasteiger partial charge in [-0.2, -0.15) is 0 Å². The Bertz CT molecular complexity index is 92.5. The van der Waals surface area contributed by atoms with Gasteiger partial charge in [-0.05, 0) is 6.42 Å². The largest absolute Gasteiger partial charge is 0.376 e. The normalized spacial score (nSPS) is 16.4. The van der Waals surface area contributed by atoms with Crippen molar-refractivity contribution < 1.29 is 4.74 Å². The molecule has 11 heavy (non-hydrogen) atoms. The van der Waals surface area contributed by atoms with Crippen molar-refractivity contribution >= 4 is 45.8 Å². The number of hydrogen-bond donors (Lipinski definition) is 0. The zero-order valence-corrected chi connectivity index (χ0v) is 10.2. The summed E-state index contributed by atoms with van der Waals surface area (Å²) < 4.78 is 5.79. The van der Waals surface area contributed by atoms with E-state index in [-0.39, 0.29) is 6.10 Å². The minimum atomic E-state index is 0.106. The Hall–Kier alpha value is 1.27. The van der Waals surface area contributed by atoms with E-state index in [2.05, 4.69) is 29.5 Å². The molecule has 0 aromatic carbocycles. The first-order valence-electron chi connectivity index (χ1n) is 3.63. The third-order valence-electron chi connectivity index (χ3n) is 1.24. The van der Waals surface area contributed by atoms with Crippen LogP contribution in [0.1, 0.15) is 13.3 Å². The molecule has 0 bridgehead atoms. The first-order valence-corrected chi connectivity index (χ1v) is 5.95. The first kappa shape index (κ1) is 12.3. The highest BCUT2D eigenvalue weighted by molar-refractivity contribution is 14.1. The molecule has 0 N–H and O–H groups in total. The van der Waals surface area contributed by atoms with Gasteiger partial charge in [0.2, 0.25) is 0 Å². The van der Waals surface area contributed by atoms with Gasteiger partial charge in [-0.1, -0.05) is 29.5 Å². The van der Waals surface area contributed by atoms with E-state index in [1.165, 1.54) is 0 Å². The van der Waals surface area contributed by atoms with E-state index in [4.69, 9.17) is 27.9 Å². The van der Waals surface area contributed by atoms with Crippen LogP contribution in [0.3, 0.4) is 0 Å². The molecule has 2 atom stereocenters. The molecule has 0 spiro atoms. The molecule has 0 saturated carbocycles. The molecule has 0 aliphatic rings. The number of halogens is 3. The van der Waals surface area contributed by atoms with Crippen molar-refractivity contribution in [2.24, 2.45) is 0 Å². The highest BCUT2D eigenvalue weighted by atomic mass is 127. The Kier molecular flexibility index (Phi) is 8.81. The fourth-order valence-corrected chi connectivity index (χ4v) is 1.88. The standard InChI is InChI=1S/C7H13Cl2IO/c1-2-3-11-7(5-9)6(10)4-8/h6-7H,2-5H2,1H3. The molecule has 0 radical (unpaired) electrons. The molecular formula is C7H13Cl2IO. The first-order chi connectivity index (χ1) is 5.26. The highest BCUT2D eigenvalue weighted by Gasteiger charge is 2.16. The molecule has 0 rings (SSSR count). The van der Waals surface area contributed by atoms with Crippen LogP contribution in [0, 0.1) is 0 Å². The minimum absolute atomic E-state index is 0.106. The molecule has 4 heteroatoms. The molecule has 0 aromatic rings. The van der Waals surface area contributed by atoms with Gasteiger partial charge in [0.05, 0.1) is 10.0 Å². The Morgan fingerprint density at radius 3 is 2.36 bits per heavy atom. The van der Waals surface area contributed by atoms with Crippen LogP contribution < -0.4 is 0 Å². The molecule has 0 amide bonds. The van der Waals surface area contributed by atoms with Crippen molar-refractivity contribution in [2.45, 2.75) is 23.4 Å². The summed E-state index contributed by atoms with van der Waals surface area (Å²) in [5, 5.41) is 0. The number of alkyl halides is 3. The van der Waals surface area contributed by atoms with Crippen molar-refractivity contribution in [1.82, 2.24) is 0 Å². The zero-order chi connectivity index (χ0) is 8.69. The summed E-state index contributed by atoms with van der Waals surface area (Å²) in [6.07, 6.45) is 1.13. The number of ether oxygens (including phenoxy) is 1. The Balaban J connectivity index is 3.56. The van der Waals surface area contributed by atoms with E-state index in [1.54, 1.807) is 0 Å². The van der Waals surface area contributed by atoms with Crippen LogP contribution >= 0.6 is 45.8 Å². The zero-order valence-electron chi connectivity index (χ0n) is 6.53. The van der Waals surface area contributed by atoms with E-state index in [1.807, 2.05) is 0 Å². The van der Waals surface area contributed by atoms with E-state index >= 15 is 0 Å². The van der Waals surface area contributed by atoms with E-state index < -0.39 is 0 Å². The van der Waals surface area contributed by atoms with Gasteiger partial charge in [0, 0.05) is 18.4 Å². The Morgan fingerprint density at radius 1 is 1.36 bits per heavy atom. The predicted molar refractivity (Wildman–Crippen MR) is 59.3 cm³/mol. The van der Waals surface area contributed by atoms with Crippen molar-refractivity contribution in [1.29, 1.82) is 0 Å². The molecule has 0 aliphatic heterocycles. The fourth-order valence-electron chi connectivity index (χ4n) is 0.614. The van der Waals surface area contributed by atoms with Gasteiger partial charge in [0.15, 0.2) is 0 Å². The van der Waals surface area contributed by atoms with Gasteiger partial charge in [0.25, 0.3) is 0 Å². The summed E-state index contributed by atoms with van der Waals surface area (Å²) in [6.45, 7) is 2.85. The van der Waals surface area contributed by atoms with Gasteiger partial charge >= 0.3 is 0 Å². The molecule has 68 valence electrons. The topological polar surface area (TPSA) is 9.23 Å². The number of hydrogen-bond acceptors (Lipinski definition) is 1. The summed E-state index contributed by atoms with van der Waals surface area (Å²) in [5.41, 5.74) is 0. The number of rotatable bonds is 6. The van der Waals surface area contributed by atoms with Crippen LogP contribution in [-0.2, 0) is 4.74 Å². The lowest BCUT2D eigenvalue weighted by molar-refractivity contribution is 0.0734. The summed E-state index contributed by atoms with van der Waals surface area (Å²) in [4.78, 5) is 0. The SMILES string of the molecule is CCCOC(CCl)C(I)CCl. The Morgan fingerprint density at radius 2 is 2.00 bits per heavy atom. The van der Waals surface area contributed by atoms with Crippen LogP contribution in [0.5, 0.6) is 0 Å². The second-order valence-corrected chi connectivity index (χ2v) is 4.45. The lowest BCUT2D eigenvalue weighted by Gasteiger charge is -2.18. The second kappa shape index (κ2) is 7.90. The quantitative estimate of drug-likeness (QED) is 0.541. The summed E-state index contributed by atoms with van der Waals surface area (Å²) in [5.74, 6) is 1.13. The lowest BCUT2D eigenvalue weighted by atomic mass is 10.3. The molecular weight excluding hydrogens is 298 g/mol. The second-order valence-electron chi connectivity index (χ2n) is 2.23. The van der Waals surface area contributed by atoms with Crippen molar-refractivity contribution in [2.75, 3.05) is 18.4 Å². The molecule has 0 aromatic heterocycles. The Labute approximate surface area is 91.9 Å². The van der Waals surface area contributed by atoms with Gasteiger partial charge in [0.1, 0.15) is 0 Å². The van der Waals surface area contributed by atoms with Gasteiger partial charge in [-0.25, -0.2) is 0 Å². The third-order valence-corrected chi connectivity index (χ3v) is 3.64. The fraction of sp³-hybridized carbons (Fsp3) is 1.00. The van der Waals surface area contributed by atoms with Crippen LogP contribution in [0.15, 0.2) is 0 Å². The molecule has 1 nitrogen and oxygen atoms in total.